The molecule has 0 saturated heterocycles. The molecule has 2 amide bonds. The third kappa shape index (κ3) is 4.39. The van der Waals surface area contributed by atoms with Gasteiger partial charge >= 0.3 is 0 Å². The van der Waals surface area contributed by atoms with Gasteiger partial charge in [-0.2, -0.15) is 0 Å². The van der Waals surface area contributed by atoms with Gasteiger partial charge in [0, 0.05) is 42.2 Å². The van der Waals surface area contributed by atoms with Crippen molar-refractivity contribution in [1.82, 2.24) is 15.6 Å². The van der Waals surface area contributed by atoms with Gasteiger partial charge in [0.25, 0.3) is 0 Å². The van der Waals surface area contributed by atoms with Crippen molar-refractivity contribution in [1.29, 1.82) is 0 Å². The SMILES string of the molecule is O=C(CCCNC(=O)C1CC1)NC(c1cccnc1)c1cc2ccccc2o1. The van der Waals surface area contributed by atoms with Crippen LogP contribution in [-0.2, 0) is 9.59 Å². The number of aromatic nitrogens is 1. The summed E-state index contributed by atoms with van der Waals surface area (Å²) in [5.74, 6) is 0.882. The molecule has 1 atom stereocenters. The number of nitrogens with zero attached hydrogens (tertiary/aromatic N) is 1. The van der Waals surface area contributed by atoms with Crippen molar-refractivity contribution in [2.24, 2.45) is 5.92 Å². The minimum Gasteiger partial charge on any atom is -0.459 e. The van der Waals surface area contributed by atoms with E-state index in [1.54, 1.807) is 12.4 Å². The van der Waals surface area contributed by atoms with Gasteiger partial charge in [-0.05, 0) is 37.5 Å². The highest BCUT2D eigenvalue weighted by atomic mass is 16.3. The van der Waals surface area contributed by atoms with Crippen molar-refractivity contribution < 1.29 is 14.0 Å². The highest BCUT2D eigenvalue weighted by Crippen LogP contribution is 2.29. The highest BCUT2D eigenvalue weighted by Gasteiger charge is 2.29. The van der Waals surface area contributed by atoms with Gasteiger partial charge in [0.2, 0.25) is 11.8 Å². The first kappa shape index (κ1) is 18.2. The standard InChI is InChI=1S/C22H23N3O3/c26-20(8-4-12-24-22(27)15-9-10-15)25-21(17-6-3-11-23-14-17)19-13-16-5-1-2-7-18(16)28-19/h1-3,5-7,11,13-15,21H,4,8-10,12H2,(H,24,27)(H,25,26). The summed E-state index contributed by atoms with van der Waals surface area (Å²) in [6.07, 6.45) is 6.33. The van der Waals surface area contributed by atoms with Crippen LogP contribution >= 0.6 is 0 Å². The number of hydrogen-bond acceptors (Lipinski definition) is 4. The van der Waals surface area contributed by atoms with E-state index in [0.29, 0.717) is 25.1 Å². The average molecular weight is 377 g/mol. The van der Waals surface area contributed by atoms with E-state index in [-0.39, 0.29) is 17.7 Å². The van der Waals surface area contributed by atoms with E-state index < -0.39 is 6.04 Å². The van der Waals surface area contributed by atoms with E-state index in [2.05, 4.69) is 15.6 Å². The number of benzene rings is 1. The molecule has 1 fully saturated rings. The first-order chi connectivity index (χ1) is 13.7. The van der Waals surface area contributed by atoms with Crippen LogP contribution in [-0.4, -0.2) is 23.3 Å². The number of rotatable bonds is 8. The number of carbonyl (C=O) groups excluding carboxylic acids is 2. The van der Waals surface area contributed by atoms with Crippen LogP contribution in [0.2, 0.25) is 0 Å². The molecule has 1 aliphatic carbocycles. The van der Waals surface area contributed by atoms with Gasteiger partial charge in [-0.3, -0.25) is 14.6 Å². The lowest BCUT2D eigenvalue weighted by Crippen LogP contribution is -2.31. The first-order valence-corrected chi connectivity index (χ1v) is 9.66. The van der Waals surface area contributed by atoms with E-state index in [1.165, 1.54) is 0 Å². The molecular weight excluding hydrogens is 354 g/mol. The molecule has 2 heterocycles. The fourth-order valence-corrected chi connectivity index (χ4v) is 3.19. The fourth-order valence-electron chi connectivity index (χ4n) is 3.19. The minimum atomic E-state index is -0.408. The lowest BCUT2D eigenvalue weighted by Gasteiger charge is -2.17. The lowest BCUT2D eigenvalue weighted by molar-refractivity contribution is -0.123. The topological polar surface area (TPSA) is 84.2 Å². The molecule has 6 heteroatoms. The summed E-state index contributed by atoms with van der Waals surface area (Å²) in [4.78, 5) is 28.3. The number of amides is 2. The summed E-state index contributed by atoms with van der Waals surface area (Å²) in [5.41, 5.74) is 1.64. The van der Waals surface area contributed by atoms with Crippen LogP contribution in [0.5, 0.6) is 0 Å². The Labute approximate surface area is 163 Å². The van der Waals surface area contributed by atoms with Crippen molar-refractivity contribution in [3.63, 3.8) is 0 Å². The first-order valence-electron chi connectivity index (χ1n) is 9.66. The largest absolute Gasteiger partial charge is 0.459 e. The number of fused-ring (bicyclic) bond motifs is 1. The van der Waals surface area contributed by atoms with Gasteiger partial charge in [0.15, 0.2) is 0 Å². The molecule has 2 N–H and O–H groups in total. The van der Waals surface area contributed by atoms with Crippen LogP contribution in [0.1, 0.15) is 43.0 Å². The molecule has 28 heavy (non-hydrogen) atoms. The Morgan fingerprint density at radius 1 is 1.18 bits per heavy atom. The molecule has 144 valence electrons. The van der Waals surface area contributed by atoms with Crippen LogP contribution in [0.3, 0.4) is 0 Å². The summed E-state index contributed by atoms with van der Waals surface area (Å²) < 4.78 is 5.98. The van der Waals surface area contributed by atoms with E-state index >= 15 is 0 Å². The van der Waals surface area contributed by atoms with Gasteiger partial charge in [-0.1, -0.05) is 24.3 Å². The van der Waals surface area contributed by atoms with Crippen LogP contribution in [0.15, 0.2) is 59.3 Å². The summed E-state index contributed by atoms with van der Waals surface area (Å²) in [6, 6.07) is 13.1. The molecule has 4 rings (SSSR count). The van der Waals surface area contributed by atoms with Crippen molar-refractivity contribution >= 4 is 22.8 Å². The second-order valence-corrected chi connectivity index (χ2v) is 7.14. The number of pyridine rings is 1. The highest BCUT2D eigenvalue weighted by molar-refractivity contribution is 5.81. The van der Waals surface area contributed by atoms with Crippen LogP contribution < -0.4 is 10.6 Å². The monoisotopic (exact) mass is 377 g/mol. The molecule has 0 radical (unpaired) electrons. The number of carbonyl (C=O) groups is 2. The van der Waals surface area contributed by atoms with Crippen molar-refractivity contribution in [3.8, 4) is 0 Å². The maximum atomic E-state index is 12.5. The van der Waals surface area contributed by atoms with Gasteiger partial charge in [0.05, 0.1) is 0 Å². The molecule has 6 nitrogen and oxygen atoms in total. The summed E-state index contributed by atoms with van der Waals surface area (Å²) in [6.45, 7) is 0.519. The zero-order valence-electron chi connectivity index (χ0n) is 15.6. The zero-order chi connectivity index (χ0) is 19.3. The van der Waals surface area contributed by atoms with Crippen molar-refractivity contribution in [2.45, 2.75) is 31.7 Å². The van der Waals surface area contributed by atoms with Crippen LogP contribution in [0.25, 0.3) is 11.0 Å². The Morgan fingerprint density at radius 3 is 2.79 bits per heavy atom. The molecule has 1 saturated carbocycles. The van der Waals surface area contributed by atoms with Gasteiger partial charge in [0.1, 0.15) is 17.4 Å². The number of furan rings is 1. The van der Waals surface area contributed by atoms with Crippen LogP contribution in [0, 0.1) is 5.92 Å². The number of hydrogen-bond donors (Lipinski definition) is 2. The number of nitrogens with one attached hydrogen (secondary N) is 2. The molecule has 1 unspecified atom stereocenters. The van der Waals surface area contributed by atoms with E-state index in [1.807, 2.05) is 42.5 Å². The smallest absolute Gasteiger partial charge is 0.223 e. The molecule has 1 aromatic carbocycles. The van der Waals surface area contributed by atoms with E-state index in [9.17, 15) is 9.59 Å². The quantitative estimate of drug-likeness (QED) is 0.590. The predicted molar refractivity (Wildman–Crippen MR) is 105 cm³/mol. The molecule has 0 bridgehead atoms. The molecule has 0 spiro atoms. The molecular formula is C22H23N3O3. The van der Waals surface area contributed by atoms with Gasteiger partial charge in [-0.25, -0.2) is 0 Å². The van der Waals surface area contributed by atoms with E-state index in [0.717, 1.165) is 29.4 Å². The maximum Gasteiger partial charge on any atom is 0.223 e. The lowest BCUT2D eigenvalue weighted by atomic mass is 10.1. The maximum absolute atomic E-state index is 12.5. The second-order valence-electron chi connectivity index (χ2n) is 7.14. The average Bonchev–Trinajstić information content (AvgIpc) is 3.49. The summed E-state index contributed by atoms with van der Waals surface area (Å²) >= 11 is 0. The summed E-state index contributed by atoms with van der Waals surface area (Å²) in [5, 5.41) is 6.92. The van der Waals surface area contributed by atoms with Gasteiger partial charge < -0.3 is 15.1 Å². The Balaban J connectivity index is 1.42. The minimum absolute atomic E-state index is 0.0880. The predicted octanol–water partition coefficient (Wildman–Crippen LogP) is 3.34. The van der Waals surface area contributed by atoms with Crippen LogP contribution in [0.4, 0.5) is 0 Å². The Bertz CT molecular complexity index is 930. The van der Waals surface area contributed by atoms with Gasteiger partial charge in [-0.15, -0.1) is 0 Å². The fraction of sp³-hybridized carbons (Fsp3) is 0.318. The Hall–Kier alpha value is -3.15. The molecule has 1 aliphatic rings. The van der Waals surface area contributed by atoms with Crippen molar-refractivity contribution in [2.75, 3.05) is 6.54 Å². The molecule has 3 aromatic rings. The molecule has 0 aliphatic heterocycles. The Kier molecular flexibility index (Phi) is 5.37. The third-order valence-corrected chi connectivity index (χ3v) is 4.88. The normalized spacial score (nSPS) is 14.6. The van der Waals surface area contributed by atoms with Crippen molar-refractivity contribution in [3.05, 3.63) is 66.2 Å². The third-order valence-electron chi connectivity index (χ3n) is 4.88. The summed E-state index contributed by atoms with van der Waals surface area (Å²) in [7, 11) is 0. The number of para-hydroxylation sites is 1. The zero-order valence-corrected chi connectivity index (χ0v) is 15.6. The molecule has 2 aromatic heterocycles. The second kappa shape index (κ2) is 8.25. The Morgan fingerprint density at radius 2 is 2.04 bits per heavy atom. The van der Waals surface area contributed by atoms with E-state index in [4.69, 9.17) is 4.42 Å².